The molecular weight excluding hydrogens is 414 g/mol. The molecule has 0 aliphatic rings. The monoisotopic (exact) mass is 447 g/mol. The molecule has 178 valence electrons. The average Bonchev–Trinajstić information content (AvgIpc) is 2.68. The van der Waals surface area contributed by atoms with Crippen molar-refractivity contribution in [2.75, 3.05) is 6.54 Å². The Morgan fingerprint density at radius 1 is 0.871 bits per heavy atom. The normalized spacial score (nSPS) is 15.6. The van der Waals surface area contributed by atoms with E-state index in [-0.39, 0.29) is 19.3 Å². The largest absolute Gasteiger partial charge is 0.481 e. The summed E-state index contributed by atoms with van der Waals surface area (Å²) < 4.78 is 0. The summed E-state index contributed by atoms with van der Waals surface area (Å²) in [6.45, 7) is 2.81. The van der Waals surface area contributed by atoms with E-state index in [1.807, 2.05) is 0 Å². The lowest BCUT2D eigenvalue weighted by Gasteiger charge is -2.26. The van der Waals surface area contributed by atoms with Crippen LogP contribution in [0.5, 0.6) is 0 Å². The lowest BCUT2D eigenvalue weighted by Crippen LogP contribution is -2.59. The third-order valence-corrected chi connectivity index (χ3v) is 4.38. The van der Waals surface area contributed by atoms with E-state index in [4.69, 9.17) is 21.7 Å². The molecule has 0 fully saturated rings. The van der Waals surface area contributed by atoms with Gasteiger partial charge in [-0.25, -0.2) is 0 Å². The summed E-state index contributed by atoms with van der Waals surface area (Å²) in [4.78, 5) is 58.8. The highest BCUT2D eigenvalue weighted by Gasteiger charge is 2.31. The molecule has 3 amide bonds. The molecule has 0 aliphatic carbocycles. The Morgan fingerprint density at radius 3 is 1.97 bits per heavy atom. The number of aliphatic hydroxyl groups excluding tert-OH is 1. The van der Waals surface area contributed by atoms with Gasteiger partial charge >= 0.3 is 11.9 Å². The number of unbranched alkanes of at least 4 members (excludes halogenated alkanes) is 1. The van der Waals surface area contributed by atoms with Crippen molar-refractivity contribution in [2.24, 2.45) is 11.5 Å². The van der Waals surface area contributed by atoms with Crippen LogP contribution in [0.4, 0.5) is 0 Å². The maximum atomic E-state index is 12.7. The van der Waals surface area contributed by atoms with Crippen molar-refractivity contribution in [3.05, 3.63) is 0 Å². The predicted molar refractivity (Wildman–Crippen MR) is 109 cm³/mol. The topological polar surface area (TPSA) is 234 Å². The first-order valence-electron chi connectivity index (χ1n) is 9.90. The van der Waals surface area contributed by atoms with Crippen LogP contribution in [0, 0.1) is 0 Å². The number of nitrogens with two attached hydrogens (primary N) is 2. The van der Waals surface area contributed by atoms with Crippen LogP contribution in [0.15, 0.2) is 0 Å². The van der Waals surface area contributed by atoms with E-state index in [2.05, 4.69) is 16.0 Å². The lowest BCUT2D eigenvalue weighted by atomic mass is 10.0. The van der Waals surface area contributed by atoms with Crippen molar-refractivity contribution >= 4 is 29.7 Å². The molecule has 10 N–H and O–H groups in total. The Morgan fingerprint density at radius 2 is 1.48 bits per heavy atom. The molecule has 0 spiro atoms. The van der Waals surface area contributed by atoms with Gasteiger partial charge in [0.2, 0.25) is 17.7 Å². The molecule has 0 aromatic carbocycles. The first-order chi connectivity index (χ1) is 14.4. The Bertz CT molecular complexity index is 642. The first kappa shape index (κ1) is 28.2. The van der Waals surface area contributed by atoms with Gasteiger partial charge in [-0.3, -0.25) is 24.0 Å². The third kappa shape index (κ3) is 11.3. The minimum absolute atomic E-state index is 0.135. The van der Waals surface area contributed by atoms with Crippen molar-refractivity contribution in [3.8, 4) is 0 Å². The fourth-order valence-corrected chi connectivity index (χ4v) is 2.47. The predicted octanol–water partition coefficient (Wildman–Crippen LogP) is -2.75. The van der Waals surface area contributed by atoms with Crippen LogP contribution in [-0.2, 0) is 24.0 Å². The van der Waals surface area contributed by atoms with Crippen molar-refractivity contribution in [2.45, 2.75) is 76.2 Å². The van der Waals surface area contributed by atoms with E-state index in [0.29, 0.717) is 19.4 Å². The molecular formula is C18H33N5O8. The fraction of sp³-hybridized carbons (Fsp3) is 0.722. The van der Waals surface area contributed by atoms with Gasteiger partial charge in [-0.05, 0) is 46.1 Å². The summed E-state index contributed by atoms with van der Waals surface area (Å²) in [6.07, 6.45) is -0.653. The van der Waals surface area contributed by atoms with Crippen LogP contribution in [-0.4, -0.2) is 81.8 Å². The SMILES string of the molecule is CC(NC(=O)C(NC(=O)C(CCCCN)NC(=O)C(N)CCC(=O)O)C(C)O)C(=O)O. The van der Waals surface area contributed by atoms with E-state index >= 15 is 0 Å². The minimum Gasteiger partial charge on any atom is -0.481 e. The number of rotatable bonds is 15. The molecule has 31 heavy (non-hydrogen) atoms. The molecule has 13 heteroatoms. The Kier molecular flexibility index (Phi) is 13.0. The zero-order valence-corrected chi connectivity index (χ0v) is 17.7. The minimum atomic E-state index is -1.47. The smallest absolute Gasteiger partial charge is 0.325 e. The second kappa shape index (κ2) is 14.3. The van der Waals surface area contributed by atoms with Crippen LogP contribution in [0.1, 0.15) is 46.0 Å². The standard InChI is InChI=1S/C18H33N5O8/c1-9(18(30)31)21-17(29)14(10(2)24)23-16(28)12(5-3-4-8-19)22-15(27)11(20)6-7-13(25)26/h9-12,14,24H,3-8,19-20H2,1-2H3,(H,21,29)(H,22,27)(H,23,28)(H,25,26)(H,30,31). The average molecular weight is 447 g/mol. The van der Waals surface area contributed by atoms with Crippen LogP contribution < -0.4 is 27.4 Å². The first-order valence-corrected chi connectivity index (χ1v) is 9.90. The highest BCUT2D eigenvalue weighted by atomic mass is 16.4. The molecule has 0 aliphatic heterocycles. The summed E-state index contributed by atoms with van der Waals surface area (Å²) in [6, 6.07) is -5.00. The Labute approximate surface area is 179 Å². The third-order valence-electron chi connectivity index (χ3n) is 4.38. The van der Waals surface area contributed by atoms with Gasteiger partial charge < -0.3 is 42.7 Å². The number of carbonyl (C=O) groups excluding carboxylic acids is 3. The van der Waals surface area contributed by atoms with Gasteiger partial charge in [0.05, 0.1) is 12.1 Å². The molecule has 13 nitrogen and oxygen atoms in total. The molecule has 0 saturated carbocycles. The molecule has 0 aromatic rings. The number of nitrogens with one attached hydrogen (secondary N) is 3. The van der Waals surface area contributed by atoms with Gasteiger partial charge in [0.15, 0.2) is 0 Å². The van der Waals surface area contributed by atoms with Crippen LogP contribution in [0.2, 0.25) is 0 Å². The van der Waals surface area contributed by atoms with Gasteiger partial charge in [-0.2, -0.15) is 0 Å². The number of hydrogen-bond donors (Lipinski definition) is 8. The summed E-state index contributed by atoms with van der Waals surface area (Å²) in [5, 5.41) is 34.3. The van der Waals surface area contributed by atoms with Crippen molar-refractivity contribution in [1.82, 2.24) is 16.0 Å². The number of carbonyl (C=O) groups is 5. The number of aliphatic hydroxyl groups is 1. The van der Waals surface area contributed by atoms with Gasteiger partial charge in [0.1, 0.15) is 18.1 Å². The summed E-state index contributed by atoms with van der Waals surface area (Å²) in [5.74, 6) is -4.87. The van der Waals surface area contributed by atoms with E-state index in [9.17, 15) is 29.1 Å². The zero-order chi connectivity index (χ0) is 24.1. The summed E-state index contributed by atoms with van der Waals surface area (Å²) in [5.41, 5.74) is 11.1. The van der Waals surface area contributed by atoms with E-state index in [0.717, 1.165) is 0 Å². The number of carboxylic acids is 2. The lowest BCUT2D eigenvalue weighted by molar-refractivity contribution is -0.142. The van der Waals surface area contributed by atoms with Gasteiger partial charge in [-0.1, -0.05) is 0 Å². The molecule has 0 heterocycles. The molecule has 0 saturated heterocycles. The van der Waals surface area contributed by atoms with E-state index in [1.165, 1.54) is 13.8 Å². The number of hydrogen-bond acceptors (Lipinski definition) is 8. The highest BCUT2D eigenvalue weighted by Crippen LogP contribution is 2.05. The number of aliphatic carboxylic acids is 2. The maximum Gasteiger partial charge on any atom is 0.325 e. The van der Waals surface area contributed by atoms with E-state index < -0.39 is 59.9 Å². The zero-order valence-electron chi connectivity index (χ0n) is 17.7. The number of carboxylic acid groups (broad SMARTS) is 2. The van der Waals surface area contributed by atoms with Crippen molar-refractivity contribution in [1.29, 1.82) is 0 Å². The molecule has 0 radical (unpaired) electrons. The molecule has 5 atom stereocenters. The second-order valence-electron chi connectivity index (χ2n) is 7.18. The van der Waals surface area contributed by atoms with Crippen LogP contribution in [0.25, 0.3) is 0 Å². The Balaban J connectivity index is 5.25. The maximum absolute atomic E-state index is 12.7. The molecule has 5 unspecified atom stereocenters. The van der Waals surface area contributed by atoms with Gasteiger partial charge in [-0.15, -0.1) is 0 Å². The van der Waals surface area contributed by atoms with Crippen molar-refractivity contribution < 1.29 is 39.3 Å². The van der Waals surface area contributed by atoms with Gasteiger partial charge in [0, 0.05) is 6.42 Å². The second-order valence-corrected chi connectivity index (χ2v) is 7.18. The van der Waals surface area contributed by atoms with E-state index in [1.54, 1.807) is 0 Å². The fourth-order valence-electron chi connectivity index (χ4n) is 2.47. The quantitative estimate of drug-likeness (QED) is 0.120. The molecule has 0 aromatic heterocycles. The van der Waals surface area contributed by atoms with Crippen LogP contribution in [0.3, 0.4) is 0 Å². The number of amides is 3. The molecule has 0 rings (SSSR count). The molecule has 0 bridgehead atoms. The van der Waals surface area contributed by atoms with Crippen LogP contribution >= 0.6 is 0 Å². The highest BCUT2D eigenvalue weighted by molar-refractivity contribution is 5.94. The van der Waals surface area contributed by atoms with Gasteiger partial charge in [0.25, 0.3) is 0 Å². The van der Waals surface area contributed by atoms with Crippen molar-refractivity contribution in [3.63, 3.8) is 0 Å². The summed E-state index contributed by atoms with van der Waals surface area (Å²) >= 11 is 0. The Hall–Kier alpha value is -2.77. The summed E-state index contributed by atoms with van der Waals surface area (Å²) in [7, 11) is 0.